The zero-order chi connectivity index (χ0) is 22.4. The summed E-state index contributed by atoms with van der Waals surface area (Å²) in [7, 11) is -4.55. The van der Waals surface area contributed by atoms with E-state index in [0.717, 1.165) is 0 Å². The Morgan fingerprint density at radius 3 is 2.00 bits per heavy atom. The molecule has 2 rings (SSSR count). The van der Waals surface area contributed by atoms with Crippen LogP contribution in [0, 0.1) is 0 Å². The zero-order valence-corrected chi connectivity index (χ0v) is 15.5. The SMILES string of the molecule is CCC(C(=O)O)S(=O)(=O)C1CCN(c2cc(C(F)(F)F)cc(C(F)(F)F)c2)C1=O. The summed E-state index contributed by atoms with van der Waals surface area (Å²) in [6, 6.07) is 0.517. The van der Waals surface area contributed by atoms with Crippen LogP contribution in [-0.4, -0.2) is 42.4 Å². The summed E-state index contributed by atoms with van der Waals surface area (Å²) < 4.78 is 103. The first kappa shape index (κ1) is 23.0. The van der Waals surface area contributed by atoms with Crippen molar-refractivity contribution in [3.05, 3.63) is 29.3 Å². The van der Waals surface area contributed by atoms with Crippen molar-refractivity contribution in [2.45, 2.75) is 42.6 Å². The normalized spacial score (nSPS) is 19.5. The molecule has 1 aliphatic heterocycles. The summed E-state index contributed by atoms with van der Waals surface area (Å²) in [6.07, 6.45) is -11.1. The lowest BCUT2D eigenvalue weighted by Crippen LogP contribution is -2.42. The number of anilines is 1. The van der Waals surface area contributed by atoms with Crippen molar-refractivity contribution < 1.29 is 49.5 Å². The van der Waals surface area contributed by atoms with Crippen LogP contribution in [0.5, 0.6) is 0 Å². The summed E-state index contributed by atoms with van der Waals surface area (Å²) in [5.74, 6) is -2.96. The van der Waals surface area contributed by atoms with E-state index in [1.807, 2.05) is 0 Å². The Morgan fingerprint density at radius 2 is 1.62 bits per heavy atom. The highest BCUT2D eigenvalue weighted by Gasteiger charge is 2.47. The van der Waals surface area contributed by atoms with Crippen LogP contribution in [-0.2, 0) is 31.8 Å². The second-order valence-electron chi connectivity index (χ2n) is 6.36. The monoisotopic (exact) mass is 447 g/mol. The first-order valence-electron chi connectivity index (χ1n) is 8.17. The number of benzene rings is 1. The molecule has 162 valence electrons. The molecule has 13 heteroatoms. The van der Waals surface area contributed by atoms with Crippen LogP contribution >= 0.6 is 0 Å². The third-order valence-corrected chi connectivity index (χ3v) is 7.04. The van der Waals surface area contributed by atoms with E-state index in [1.165, 1.54) is 6.92 Å². The molecule has 0 radical (unpaired) electrons. The third-order valence-electron chi connectivity index (χ3n) is 4.48. The van der Waals surface area contributed by atoms with Crippen molar-refractivity contribution in [2.75, 3.05) is 11.4 Å². The van der Waals surface area contributed by atoms with Crippen LogP contribution in [0.15, 0.2) is 18.2 Å². The number of sulfone groups is 1. The predicted molar refractivity (Wildman–Crippen MR) is 87.8 cm³/mol. The molecule has 0 aliphatic carbocycles. The van der Waals surface area contributed by atoms with Gasteiger partial charge in [-0.3, -0.25) is 9.59 Å². The molecule has 1 fully saturated rings. The van der Waals surface area contributed by atoms with Gasteiger partial charge in [-0.2, -0.15) is 26.3 Å². The molecule has 29 heavy (non-hydrogen) atoms. The van der Waals surface area contributed by atoms with Gasteiger partial charge < -0.3 is 10.0 Å². The van der Waals surface area contributed by atoms with Gasteiger partial charge in [-0.25, -0.2) is 8.42 Å². The summed E-state index contributed by atoms with van der Waals surface area (Å²) in [6.45, 7) is 0.785. The Hall–Kier alpha value is -2.31. The quantitative estimate of drug-likeness (QED) is 0.701. The van der Waals surface area contributed by atoms with Crippen molar-refractivity contribution in [3.8, 4) is 0 Å². The predicted octanol–water partition coefficient (Wildman–Crippen LogP) is 3.11. The highest BCUT2D eigenvalue weighted by molar-refractivity contribution is 7.94. The topological polar surface area (TPSA) is 91.8 Å². The standard InChI is InChI=1S/C16H15F6NO5S/c1-2-11(14(25)26)29(27,28)12-3-4-23(13(12)24)10-6-8(15(17,18)19)5-9(7-10)16(20,21)22/h5-7,11-12H,2-4H2,1H3,(H,25,26). The minimum Gasteiger partial charge on any atom is -0.480 e. The average molecular weight is 447 g/mol. The molecule has 2 unspecified atom stereocenters. The molecule has 0 spiro atoms. The van der Waals surface area contributed by atoms with Crippen LogP contribution in [0.25, 0.3) is 0 Å². The fourth-order valence-electron chi connectivity index (χ4n) is 3.06. The number of hydrogen-bond acceptors (Lipinski definition) is 4. The van der Waals surface area contributed by atoms with Crippen molar-refractivity contribution in [3.63, 3.8) is 0 Å². The van der Waals surface area contributed by atoms with Gasteiger partial charge in [0.25, 0.3) is 0 Å². The third kappa shape index (κ3) is 4.49. The number of carbonyl (C=O) groups excluding carboxylic acids is 1. The molecule has 0 saturated carbocycles. The largest absolute Gasteiger partial charge is 0.480 e. The minimum absolute atomic E-state index is 0.115. The molecule has 1 aliphatic rings. The van der Waals surface area contributed by atoms with E-state index in [4.69, 9.17) is 5.11 Å². The minimum atomic E-state index is -5.14. The Morgan fingerprint density at radius 1 is 1.14 bits per heavy atom. The van der Waals surface area contributed by atoms with Gasteiger partial charge in [0, 0.05) is 12.2 Å². The number of halogens is 6. The molecule has 0 aromatic heterocycles. The molecule has 2 atom stereocenters. The summed E-state index contributed by atoms with van der Waals surface area (Å²) in [5.41, 5.74) is -4.07. The number of nitrogens with zero attached hydrogens (tertiary/aromatic N) is 1. The maximum atomic E-state index is 13.0. The van der Waals surface area contributed by atoms with Crippen LogP contribution in [0.2, 0.25) is 0 Å². The van der Waals surface area contributed by atoms with E-state index in [9.17, 15) is 44.3 Å². The van der Waals surface area contributed by atoms with Gasteiger partial charge in [0.1, 0.15) is 5.25 Å². The van der Waals surface area contributed by atoms with E-state index >= 15 is 0 Å². The van der Waals surface area contributed by atoms with E-state index in [0.29, 0.717) is 17.0 Å². The highest BCUT2D eigenvalue weighted by Crippen LogP contribution is 2.39. The van der Waals surface area contributed by atoms with Gasteiger partial charge in [0.05, 0.1) is 11.1 Å². The summed E-state index contributed by atoms with van der Waals surface area (Å²) in [5, 5.41) is 5.25. The fraction of sp³-hybridized carbons (Fsp3) is 0.500. The van der Waals surface area contributed by atoms with E-state index < -0.39 is 74.3 Å². The van der Waals surface area contributed by atoms with Crippen LogP contribution in [0.4, 0.5) is 32.0 Å². The maximum absolute atomic E-state index is 13.0. The van der Waals surface area contributed by atoms with Crippen LogP contribution in [0.1, 0.15) is 30.9 Å². The molecule has 1 amide bonds. The van der Waals surface area contributed by atoms with E-state index in [2.05, 4.69) is 0 Å². The molecule has 6 nitrogen and oxygen atoms in total. The van der Waals surface area contributed by atoms with Crippen molar-refractivity contribution in [1.82, 2.24) is 0 Å². The zero-order valence-electron chi connectivity index (χ0n) is 14.7. The molecule has 1 aromatic rings. The number of carboxylic acids is 1. The van der Waals surface area contributed by atoms with Crippen molar-refractivity contribution in [2.24, 2.45) is 0 Å². The Kier molecular flexibility index (Phi) is 5.94. The van der Waals surface area contributed by atoms with Gasteiger partial charge in [0.2, 0.25) is 5.91 Å². The molecular formula is C16H15F6NO5S. The Balaban J connectivity index is 2.50. The fourth-order valence-corrected chi connectivity index (χ4v) is 5.04. The number of rotatable bonds is 5. The molecule has 1 aromatic carbocycles. The molecule has 1 N–H and O–H groups in total. The second kappa shape index (κ2) is 7.50. The second-order valence-corrected chi connectivity index (χ2v) is 8.67. The van der Waals surface area contributed by atoms with E-state index in [-0.39, 0.29) is 12.5 Å². The molecular weight excluding hydrogens is 432 g/mol. The van der Waals surface area contributed by atoms with Crippen LogP contribution < -0.4 is 4.90 Å². The smallest absolute Gasteiger partial charge is 0.416 e. The van der Waals surface area contributed by atoms with Gasteiger partial charge in [-0.15, -0.1) is 0 Å². The number of hydrogen-bond donors (Lipinski definition) is 1. The van der Waals surface area contributed by atoms with Crippen molar-refractivity contribution >= 4 is 27.4 Å². The highest BCUT2D eigenvalue weighted by atomic mass is 32.2. The van der Waals surface area contributed by atoms with Gasteiger partial charge >= 0.3 is 18.3 Å². The van der Waals surface area contributed by atoms with E-state index in [1.54, 1.807) is 0 Å². The number of amides is 1. The summed E-state index contributed by atoms with van der Waals surface area (Å²) >= 11 is 0. The lowest BCUT2D eigenvalue weighted by molar-refractivity contribution is -0.143. The van der Waals surface area contributed by atoms with Crippen LogP contribution in [0.3, 0.4) is 0 Å². The number of carbonyl (C=O) groups is 2. The maximum Gasteiger partial charge on any atom is 0.416 e. The van der Waals surface area contributed by atoms with Gasteiger partial charge in [-0.1, -0.05) is 6.92 Å². The molecule has 1 heterocycles. The lowest BCUT2D eigenvalue weighted by Gasteiger charge is -2.21. The summed E-state index contributed by atoms with van der Waals surface area (Å²) in [4.78, 5) is 24.2. The number of alkyl halides is 6. The number of carboxylic acid groups (broad SMARTS) is 1. The lowest BCUT2D eigenvalue weighted by atomic mass is 10.1. The average Bonchev–Trinajstić information content (AvgIpc) is 2.95. The Labute approximate surface area is 161 Å². The van der Waals surface area contributed by atoms with Crippen molar-refractivity contribution in [1.29, 1.82) is 0 Å². The van der Waals surface area contributed by atoms with Gasteiger partial charge in [-0.05, 0) is 31.0 Å². The first-order valence-corrected chi connectivity index (χ1v) is 9.78. The Bertz CT molecular complexity index is 892. The van der Waals surface area contributed by atoms with Gasteiger partial charge in [0.15, 0.2) is 15.1 Å². The molecule has 0 bridgehead atoms. The number of aliphatic carboxylic acids is 1. The molecule has 1 saturated heterocycles. The first-order chi connectivity index (χ1) is 13.1.